The third-order valence-corrected chi connectivity index (χ3v) is 3.57. The van der Waals surface area contributed by atoms with Gasteiger partial charge in [-0.05, 0) is 18.2 Å². The van der Waals surface area contributed by atoms with Gasteiger partial charge in [0.1, 0.15) is 0 Å². The topological polar surface area (TPSA) is 78.3 Å². The number of benzene rings is 1. The quantitative estimate of drug-likeness (QED) is 0.630. The van der Waals surface area contributed by atoms with Crippen molar-refractivity contribution in [1.29, 1.82) is 0 Å². The minimum Gasteiger partial charge on any atom is -0.375 e. The third-order valence-electron chi connectivity index (χ3n) is 2.61. The molecule has 0 N–H and O–H groups in total. The lowest BCUT2D eigenvalue weighted by Gasteiger charge is -2.12. The van der Waals surface area contributed by atoms with Crippen LogP contribution < -0.4 is 9.74 Å². The Morgan fingerprint density at radius 2 is 1.77 bits per heavy atom. The highest BCUT2D eigenvalue weighted by Gasteiger charge is 2.48. The van der Waals surface area contributed by atoms with Crippen LogP contribution in [0.2, 0.25) is 0 Å². The van der Waals surface area contributed by atoms with Gasteiger partial charge >= 0.3 is 15.6 Å². The smallest absolute Gasteiger partial charge is 0.375 e. The van der Waals surface area contributed by atoms with E-state index in [1.54, 1.807) is 0 Å². The lowest BCUT2D eigenvalue weighted by Crippen LogP contribution is -2.28. The molecule has 0 saturated carbocycles. The van der Waals surface area contributed by atoms with Crippen molar-refractivity contribution in [2.24, 2.45) is 7.05 Å². The van der Waals surface area contributed by atoms with Crippen molar-refractivity contribution in [1.82, 2.24) is 9.78 Å². The van der Waals surface area contributed by atoms with Crippen molar-refractivity contribution in [2.45, 2.75) is 5.51 Å². The highest BCUT2D eigenvalue weighted by Crippen LogP contribution is 2.32. The number of hydrogen-bond donors (Lipinski definition) is 0. The lowest BCUT2D eigenvalue weighted by atomic mass is 10.1. The Bertz CT molecular complexity index is 859. The molecule has 0 aliphatic heterocycles. The molecule has 0 aliphatic rings. The van der Waals surface area contributed by atoms with Gasteiger partial charge < -0.3 is 4.18 Å². The Hall–Kier alpha value is -2.36. The molecule has 2 aromatic rings. The molecule has 1 aromatic carbocycles. The van der Waals surface area contributed by atoms with E-state index in [0.717, 1.165) is 16.8 Å². The summed E-state index contributed by atoms with van der Waals surface area (Å²) in [6, 6.07) is 7.57. The van der Waals surface area contributed by atoms with E-state index < -0.39 is 26.9 Å². The van der Waals surface area contributed by atoms with Crippen molar-refractivity contribution >= 4 is 10.1 Å². The zero-order valence-corrected chi connectivity index (χ0v) is 11.9. The predicted molar refractivity (Wildman–Crippen MR) is 70.5 cm³/mol. The highest BCUT2D eigenvalue weighted by atomic mass is 32.2. The van der Waals surface area contributed by atoms with Crippen LogP contribution in [0.15, 0.2) is 41.2 Å². The molecule has 0 spiro atoms. The van der Waals surface area contributed by atoms with E-state index in [1.807, 2.05) is 0 Å². The monoisotopic (exact) mass is 334 g/mol. The molecule has 0 unspecified atom stereocenters. The van der Waals surface area contributed by atoms with E-state index >= 15 is 0 Å². The van der Waals surface area contributed by atoms with Gasteiger partial charge in [-0.15, -0.1) is 0 Å². The van der Waals surface area contributed by atoms with Crippen molar-refractivity contribution in [3.05, 3.63) is 46.8 Å². The number of halogens is 3. The van der Waals surface area contributed by atoms with Crippen LogP contribution >= 0.6 is 0 Å². The first-order valence-corrected chi connectivity index (χ1v) is 7.17. The molecule has 0 bridgehead atoms. The largest absolute Gasteiger partial charge is 0.534 e. The average Bonchev–Trinajstić information content (AvgIpc) is 2.41. The fourth-order valence-corrected chi connectivity index (χ4v) is 2.04. The van der Waals surface area contributed by atoms with Crippen LogP contribution in [0.1, 0.15) is 0 Å². The molecule has 0 fully saturated rings. The normalized spacial score (nSPS) is 12.2. The van der Waals surface area contributed by atoms with Crippen LogP contribution in [0.5, 0.6) is 5.75 Å². The zero-order valence-electron chi connectivity index (χ0n) is 11.0. The van der Waals surface area contributed by atoms with Crippen molar-refractivity contribution < 1.29 is 25.8 Å². The Kier molecular flexibility index (Phi) is 3.96. The molecule has 118 valence electrons. The van der Waals surface area contributed by atoms with Crippen LogP contribution in [0.3, 0.4) is 0 Å². The standard InChI is InChI=1S/C12H9F3N2O4S/c1-17-11(18)7-6-9(16-17)8-4-2-3-5-10(8)21-22(19,20)12(13,14)15/h2-7H,1H3. The van der Waals surface area contributed by atoms with E-state index in [-0.39, 0.29) is 11.3 Å². The first-order chi connectivity index (χ1) is 10.1. The van der Waals surface area contributed by atoms with E-state index in [2.05, 4.69) is 9.28 Å². The third kappa shape index (κ3) is 3.11. The molecule has 0 saturated heterocycles. The molecule has 1 aromatic heterocycles. The molecule has 0 aliphatic carbocycles. The number of aryl methyl sites for hydroxylation is 1. The second-order valence-corrected chi connectivity index (χ2v) is 5.70. The molecule has 2 rings (SSSR count). The number of aromatic nitrogens is 2. The number of para-hydroxylation sites is 1. The summed E-state index contributed by atoms with van der Waals surface area (Å²) in [5, 5.41) is 3.84. The number of nitrogens with zero attached hydrogens (tertiary/aromatic N) is 2. The van der Waals surface area contributed by atoms with Crippen LogP contribution in [-0.4, -0.2) is 23.7 Å². The number of hydrogen-bond acceptors (Lipinski definition) is 5. The van der Waals surface area contributed by atoms with E-state index in [1.165, 1.54) is 31.3 Å². The van der Waals surface area contributed by atoms with Gasteiger partial charge in [0, 0.05) is 18.7 Å². The van der Waals surface area contributed by atoms with Crippen LogP contribution in [0, 0.1) is 0 Å². The summed E-state index contributed by atoms with van der Waals surface area (Å²) in [5.41, 5.74) is -5.87. The van der Waals surface area contributed by atoms with Gasteiger partial charge in [-0.25, -0.2) is 4.68 Å². The maximum atomic E-state index is 12.4. The molecule has 1 heterocycles. The first kappa shape index (κ1) is 16.0. The Morgan fingerprint density at radius 3 is 2.36 bits per heavy atom. The zero-order chi connectivity index (χ0) is 16.5. The van der Waals surface area contributed by atoms with Gasteiger partial charge in [-0.1, -0.05) is 12.1 Å². The van der Waals surface area contributed by atoms with Crippen molar-refractivity contribution in [2.75, 3.05) is 0 Å². The maximum absolute atomic E-state index is 12.4. The molecular formula is C12H9F3N2O4S. The van der Waals surface area contributed by atoms with Gasteiger partial charge in [0.2, 0.25) is 0 Å². The molecule has 0 radical (unpaired) electrons. The summed E-state index contributed by atoms with van der Waals surface area (Å²) in [4.78, 5) is 11.3. The Labute approximate surface area is 122 Å². The minimum absolute atomic E-state index is 0.00549. The first-order valence-electron chi connectivity index (χ1n) is 5.76. The summed E-state index contributed by atoms with van der Waals surface area (Å²) >= 11 is 0. The molecule has 10 heteroatoms. The van der Waals surface area contributed by atoms with Gasteiger partial charge in [-0.3, -0.25) is 4.79 Å². The van der Waals surface area contributed by atoms with E-state index in [0.29, 0.717) is 0 Å². The average molecular weight is 334 g/mol. The molecule has 6 nitrogen and oxygen atoms in total. The van der Waals surface area contributed by atoms with Gasteiger partial charge in [0.05, 0.1) is 5.69 Å². The van der Waals surface area contributed by atoms with Gasteiger partial charge in [0.15, 0.2) is 5.75 Å². The number of rotatable bonds is 3. The highest BCUT2D eigenvalue weighted by molar-refractivity contribution is 7.88. The van der Waals surface area contributed by atoms with Crippen molar-refractivity contribution in [3.8, 4) is 17.0 Å². The molecular weight excluding hydrogens is 325 g/mol. The SMILES string of the molecule is Cn1nc(-c2ccccc2OS(=O)(=O)C(F)(F)F)ccc1=O. The van der Waals surface area contributed by atoms with Crippen LogP contribution in [-0.2, 0) is 17.2 Å². The lowest BCUT2D eigenvalue weighted by molar-refractivity contribution is -0.0499. The summed E-state index contributed by atoms with van der Waals surface area (Å²) in [7, 11) is -4.45. The maximum Gasteiger partial charge on any atom is 0.534 e. The van der Waals surface area contributed by atoms with Gasteiger partial charge in [-0.2, -0.15) is 26.7 Å². The second-order valence-electron chi connectivity index (χ2n) is 4.16. The second kappa shape index (κ2) is 5.44. The van der Waals surface area contributed by atoms with Crippen LogP contribution in [0.25, 0.3) is 11.3 Å². The predicted octanol–water partition coefficient (Wildman–Crippen LogP) is 1.68. The van der Waals surface area contributed by atoms with Crippen LogP contribution in [0.4, 0.5) is 13.2 Å². The molecule has 0 atom stereocenters. The molecule has 0 amide bonds. The Morgan fingerprint density at radius 1 is 1.14 bits per heavy atom. The Balaban J connectivity index is 2.52. The minimum atomic E-state index is -5.80. The summed E-state index contributed by atoms with van der Waals surface area (Å²) < 4.78 is 64.5. The molecule has 22 heavy (non-hydrogen) atoms. The fraction of sp³-hybridized carbons (Fsp3) is 0.167. The van der Waals surface area contributed by atoms with Crippen molar-refractivity contribution in [3.63, 3.8) is 0 Å². The summed E-state index contributed by atoms with van der Waals surface area (Å²) in [6.07, 6.45) is 0. The summed E-state index contributed by atoms with van der Waals surface area (Å²) in [6.45, 7) is 0. The summed E-state index contributed by atoms with van der Waals surface area (Å²) in [5.74, 6) is -0.536. The fourth-order valence-electron chi connectivity index (χ4n) is 1.56. The number of alkyl halides is 3. The van der Waals surface area contributed by atoms with E-state index in [4.69, 9.17) is 0 Å². The van der Waals surface area contributed by atoms with Gasteiger partial charge in [0.25, 0.3) is 5.56 Å². The van der Waals surface area contributed by atoms with E-state index in [9.17, 15) is 26.4 Å².